The maximum absolute atomic E-state index is 4.37. The van der Waals surface area contributed by atoms with Crippen molar-refractivity contribution in [3.05, 3.63) is 90.8 Å². The van der Waals surface area contributed by atoms with Crippen LogP contribution in [0.15, 0.2) is 72.8 Å². The van der Waals surface area contributed by atoms with E-state index < -0.39 is 0 Å². The molecule has 3 aromatic carbocycles. The van der Waals surface area contributed by atoms with E-state index in [0.29, 0.717) is 5.92 Å². The number of fused-ring (bicyclic) bond motifs is 1. The fourth-order valence-electron chi connectivity index (χ4n) is 2.75. The summed E-state index contributed by atoms with van der Waals surface area (Å²) >= 11 is 0. The highest BCUT2D eigenvalue weighted by Gasteiger charge is 2.09. The molecule has 0 saturated carbocycles. The van der Waals surface area contributed by atoms with Crippen molar-refractivity contribution in [2.45, 2.75) is 18.8 Å². The Bertz CT molecular complexity index is 677. The van der Waals surface area contributed by atoms with Crippen molar-refractivity contribution in [3.8, 4) is 0 Å². The normalized spacial score (nSPS) is 12.4. The molecule has 0 fully saturated rings. The molecule has 99 valence electrons. The quantitative estimate of drug-likeness (QED) is 0.589. The molecular formula is C20H19. The van der Waals surface area contributed by atoms with Crippen LogP contribution in [0.2, 0.25) is 0 Å². The Balaban J connectivity index is 1.80. The van der Waals surface area contributed by atoms with Gasteiger partial charge in [0.1, 0.15) is 0 Å². The predicted molar refractivity (Wildman–Crippen MR) is 86.8 cm³/mol. The van der Waals surface area contributed by atoms with E-state index in [1.54, 1.807) is 0 Å². The average molecular weight is 259 g/mol. The molecule has 1 unspecified atom stereocenters. The maximum atomic E-state index is 4.37. The summed E-state index contributed by atoms with van der Waals surface area (Å²) in [6, 6.07) is 25.7. The molecule has 0 nitrogen and oxygen atoms in total. The molecule has 0 heterocycles. The molecule has 0 amide bonds. The van der Waals surface area contributed by atoms with Crippen LogP contribution in [0.5, 0.6) is 0 Å². The van der Waals surface area contributed by atoms with Gasteiger partial charge in [-0.1, -0.05) is 72.8 Å². The third kappa shape index (κ3) is 2.75. The van der Waals surface area contributed by atoms with Crippen LogP contribution in [-0.2, 0) is 6.42 Å². The van der Waals surface area contributed by atoms with E-state index in [-0.39, 0.29) is 0 Å². The van der Waals surface area contributed by atoms with Gasteiger partial charge in [0.25, 0.3) is 0 Å². The minimum Gasteiger partial charge on any atom is -0.0622 e. The average Bonchev–Trinajstić information content (AvgIpc) is 2.53. The van der Waals surface area contributed by atoms with Gasteiger partial charge in [0.15, 0.2) is 0 Å². The molecule has 0 aliphatic carbocycles. The second kappa shape index (κ2) is 5.92. The van der Waals surface area contributed by atoms with Gasteiger partial charge in [-0.3, -0.25) is 0 Å². The number of benzene rings is 3. The second-order valence-electron chi connectivity index (χ2n) is 5.29. The monoisotopic (exact) mass is 259 g/mol. The van der Waals surface area contributed by atoms with Gasteiger partial charge in [0.05, 0.1) is 0 Å². The lowest BCUT2D eigenvalue weighted by Gasteiger charge is -2.14. The van der Waals surface area contributed by atoms with Crippen molar-refractivity contribution < 1.29 is 0 Å². The lowest BCUT2D eigenvalue weighted by Crippen LogP contribution is -1.98. The summed E-state index contributed by atoms with van der Waals surface area (Å²) in [6.07, 6.45) is 2.16. The predicted octanol–water partition coefficient (Wildman–Crippen LogP) is 5.39. The first-order valence-corrected chi connectivity index (χ1v) is 7.19. The van der Waals surface area contributed by atoms with Crippen molar-refractivity contribution >= 4 is 10.8 Å². The van der Waals surface area contributed by atoms with Gasteiger partial charge in [-0.05, 0) is 47.6 Å². The van der Waals surface area contributed by atoms with E-state index in [2.05, 4.69) is 79.7 Å². The SMILES string of the molecule is [CH2]C(CCc1ccccc1)c1cccc2ccccc12. The number of rotatable bonds is 4. The lowest BCUT2D eigenvalue weighted by atomic mass is 9.90. The van der Waals surface area contributed by atoms with Gasteiger partial charge in [0.2, 0.25) is 0 Å². The smallest absolute Gasteiger partial charge is 0.0149 e. The maximum Gasteiger partial charge on any atom is -0.0149 e. The minimum atomic E-state index is 0.335. The fourth-order valence-corrected chi connectivity index (χ4v) is 2.75. The Morgan fingerprint density at radius 3 is 2.30 bits per heavy atom. The van der Waals surface area contributed by atoms with Gasteiger partial charge in [-0.15, -0.1) is 0 Å². The summed E-state index contributed by atoms with van der Waals surface area (Å²) in [5, 5.41) is 2.64. The Kier molecular flexibility index (Phi) is 3.83. The lowest BCUT2D eigenvalue weighted by molar-refractivity contribution is 0.737. The van der Waals surface area contributed by atoms with Gasteiger partial charge in [0, 0.05) is 0 Å². The van der Waals surface area contributed by atoms with Crippen molar-refractivity contribution in [2.24, 2.45) is 0 Å². The summed E-state index contributed by atoms with van der Waals surface area (Å²) in [5.41, 5.74) is 2.75. The third-order valence-electron chi connectivity index (χ3n) is 3.89. The highest BCUT2D eigenvalue weighted by molar-refractivity contribution is 5.86. The van der Waals surface area contributed by atoms with E-state index in [1.807, 2.05) is 0 Å². The van der Waals surface area contributed by atoms with Crippen LogP contribution in [0.25, 0.3) is 10.8 Å². The number of hydrogen-bond acceptors (Lipinski definition) is 0. The number of hydrogen-bond donors (Lipinski definition) is 0. The molecule has 0 spiro atoms. The first-order chi connectivity index (χ1) is 9.84. The molecule has 0 saturated heterocycles. The highest BCUT2D eigenvalue weighted by atomic mass is 14.1. The molecule has 1 atom stereocenters. The molecular weight excluding hydrogens is 240 g/mol. The standard InChI is InChI=1S/C20H19/c1-16(14-15-17-8-3-2-4-9-17)19-13-7-11-18-10-5-6-12-20(18)19/h2-13,16H,1,14-15H2. The molecule has 3 rings (SSSR count). The summed E-state index contributed by atoms with van der Waals surface area (Å²) in [7, 11) is 0. The Hall–Kier alpha value is -2.08. The fraction of sp³-hybridized carbons (Fsp3) is 0.150. The van der Waals surface area contributed by atoms with E-state index >= 15 is 0 Å². The molecule has 0 aliphatic heterocycles. The van der Waals surface area contributed by atoms with Crippen molar-refractivity contribution in [2.75, 3.05) is 0 Å². The van der Waals surface area contributed by atoms with Crippen LogP contribution < -0.4 is 0 Å². The van der Waals surface area contributed by atoms with Crippen LogP contribution >= 0.6 is 0 Å². The van der Waals surface area contributed by atoms with Crippen LogP contribution in [0.4, 0.5) is 0 Å². The van der Waals surface area contributed by atoms with Gasteiger partial charge in [-0.25, -0.2) is 0 Å². The van der Waals surface area contributed by atoms with Crippen molar-refractivity contribution in [3.63, 3.8) is 0 Å². The van der Waals surface area contributed by atoms with Crippen LogP contribution in [0.3, 0.4) is 0 Å². The topological polar surface area (TPSA) is 0 Å². The number of aryl methyl sites for hydroxylation is 1. The van der Waals surface area contributed by atoms with Gasteiger partial charge in [-0.2, -0.15) is 0 Å². The molecule has 1 radical (unpaired) electrons. The molecule has 0 N–H and O–H groups in total. The Labute approximate surface area is 121 Å². The molecule has 3 aromatic rings. The zero-order chi connectivity index (χ0) is 13.8. The highest BCUT2D eigenvalue weighted by Crippen LogP contribution is 2.28. The summed E-state index contributed by atoms with van der Waals surface area (Å²) in [5.74, 6) is 0.335. The van der Waals surface area contributed by atoms with E-state index in [0.717, 1.165) is 12.8 Å². The molecule has 0 aliphatic rings. The summed E-state index contributed by atoms with van der Waals surface area (Å²) in [4.78, 5) is 0. The van der Waals surface area contributed by atoms with Crippen LogP contribution in [0.1, 0.15) is 23.5 Å². The van der Waals surface area contributed by atoms with Crippen molar-refractivity contribution in [1.82, 2.24) is 0 Å². The van der Waals surface area contributed by atoms with Gasteiger partial charge < -0.3 is 0 Å². The summed E-state index contributed by atoms with van der Waals surface area (Å²) in [6.45, 7) is 4.37. The largest absolute Gasteiger partial charge is 0.0622 e. The molecule has 0 bridgehead atoms. The van der Waals surface area contributed by atoms with E-state index in [9.17, 15) is 0 Å². The Morgan fingerprint density at radius 2 is 1.45 bits per heavy atom. The zero-order valence-electron chi connectivity index (χ0n) is 11.6. The van der Waals surface area contributed by atoms with Crippen molar-refractivity contribution in [1.29, 1.82) is 0 Å². The molecule has 0 aromatic heterocycles. The first kappa shape index (κ1) is 12.9. The van der Waals surface area contributed by atoms with Gasteiger partial charge >= 0.3 is 0 Å². The minimum absolute atomic E-state index is 0.335. The molecule has 20 heavy (non-hydrogen) atoms. The third-order valence-corrected chi connectivity index (χ3v) is 3.89. The van der Waals surface area contributed by atoms with Crippen LogP contribution in [-0.4, -0.2) is 0 Å². The summed E-state index contributed by atoms with van der Waals surface area (Å²) < 4.78 is 0. The molecule has 0 heteroatoms. The van der Waals surface area contributed by atoms with Crippen LogP contribution in [0, 0.1) is 6.92 Å². The first-order valence-electron chi connectivity index (χ1n) is 7.19. The van der Waals surface area contributed by atoms with E-state index in [1.165, 1.54) is 21.9 Å². The zero-order valence-corrected chi connectivity index (χ0v) is 11.6. The second-order valence-corrected chi connectivity index (χ2v) is 5.29. The van der Waals surface area contributed by atoms with E-state index in [4.69, 9.17) is 0 Å². The Morgan fingerprint density at radius 1 is 0.750 bits per heavy atom.